The molecule has 1 aromatic carbocycles. The van der Waals surface area contributed by atoms with Gasteiger partial charge in [-0.15, -0.1) is 0 Å². The van der Waals surface area contributed by atoms with E-state index >= 15 is 0 Å². The molecule has 1 rings (SSSR count). The number of carboxylic acids is 1. The average Bonchev–Trinajstić information content (AvgIpc) is 2.10. The van der Waals surface area contributed by atoms with Crippen LogP contribution in [0.3, 0.4) is 0 Å². The average molecular weight is 284 g/mol. The summed E-state index contributed by atoms with van der Waals surface area (Å²) < 4.78 is 24.0. The Hall–Kier alpha value is -0.980. The number of rotatable bonds is 3. The van der Waals surface area contributed by atoms with Crippen molar-refractivity contribution in [3.05, 3.63) is 27.7 Å². The van der Waals surface area contributed by atoms with Crippen LogP contribution in [0.4, 0.5) is 5.69 Å². The molecule has 0 aliphatic heterocycles. The molecule has 0 spiro atoms. The Morgan fingerprint density at radius 2 is 1.94 bits per heavy atom. The third kappa shape index (κ3) is 3.26. The summed E-state index contributed by atoms with van der Waals surface area (Å²) in [6.45, 7) is 0. The van der Waals surface area contributed by atoms with Crippen molar-refractivity contribution in [1.82, 2.24) is 0 Å². The van der Waals surface area contributed by atoms with Crippen molar-refractivity contribution in [3.63, 3.8) is 0 Å². The van der Waals surface area contributed by atoms with E-state index in [1.165, 1.54) is 0 Å². The first-order valence-electron chi connectivity index (χ1n) is 3.91. The predicted molar refractivity (Wildman–Crippen MR) is 61.9 cm³/mol. The molecule has 0 radical (unpaired) electrons. The van der Waals surface area contributed by atoms with Gasteiger partial charge in [0, 0.05) is 0 Å². The summed E-state index contributed by atoms with van der Waals surface area (Å²) in [5, 5.41) is 8.67. The second-order valence-electron chi connectivity index (χ2n) is 3.00. The lowest BCUT2D eigenvalue weighted by molar-refractivity contribution is 0.0697. The Kier molecular flexibility index (Phi) is 3.67. The zero-order chi connectivity index (χ0) is 12.5. The van der Waals surface area contributed by atoms with Crippen molar-refractivity contribution in [2.45, 2.75) is 0 Å². The Balaban J connectivity index is 3.33. The highest BCUT2D eigenvalue weighted by Gasteiger charge is 2.14. The second kappa shape index (κ2) is 4.48. The number of anilines is 1. The second-order valence-corrected chi connectivity index (χ2v) is 5.53. The van der Waals surface area contributed by atoms with Gasteiger partial charge in [-0.1, -0.05) is 23.2 Å². The van der Waals surface area contributed by atoms with Crippen LogP contribution in [0.5, 0.6) is 0 Å². The third-order valence-electron chi connectivity index (χ3n) is 1.57. The topological polar surface area (TPSA) is 83.5 Å². The maximum atomic E-state index is 11.0. The number of benzene rings is 1. The van der Waals surface area contributed by atoms with E-state index in [-0.39, 0.29) is 21.3 Å². The maximum Gasteiger partial charge on any atom is 0.335 e. The lowest BCUT2D eigenvalue weighted by Gasteiger charge is -2.08. The molecule has 0 atom stereocenters. The molecular formula is C8H7Cl2NO4S. The SMILES string of the molecule is CS(=O)(=O)Nc1cc(C(=O)O)cc(Cl)c1Cl. The highest BCUT2D eigenvalue weighted by Crippen LogP contribution is 2.32. The number of aromatic carboxylic acids is 1. The molecule has 0 bridgehead atoms. The summed E-state index contributed by atoms with van der Waals surface area (Å²) in [4.78, 5) is 10.7. The summed E-state index contributed by atoms with van der Waals surface area (Å²) in [7, 11) is -3.54. The first kappa shape index (κ1) is 13.1. The molecule has 0 aliphatic rings. The van der Waals surface area contributed by atoms with E-state index in [0.29, 0.717) is 0 Å². The minimum atomic E-state index is -3.54. The number of nitrogens with one attached hydrogen (secondary N) is 1. The van der Waals surface area contributed by atoms with Gasteiger partial charge < -0.3 is 5.11 Å². The van der Waals surface area contributed by atoms with Crippen LogP contribution in [0.2, 0.25) is 10.0 Å². The van der Waals surface area contributed by atoms with Crippen molar-refractivity contribution in [1.29, 1.82) is 0 Å². The van der Waals surface area contributed by atoms with Gasteiger partial charge in [0.1, 0.15) is 0 Å². The zero-order valence-corrected chi connectivity index (χ0v) is 10.3. The Morgan fingerprint density at radius 3 is 2.38 bits per heavy atom. The molecule has 2 N–H and O–H groups in total. The van der Waals surface area contributed by atoms with Gasteiger partial charge in [0.05, 0.1) is 27.6 Å². The summed E-state index contributed by atoms with van der Waals surface area (Å²) in [5.41, 5.74) is -0.213. The zero-order valence-electron chi connectivity index (χ0n) is 7.99. The van der Waals surface area contributed by atoms with Crippen molar-refractivity contribution in [3.8, 4) is 0 Å². The normalized spacial score (nSPS) is 11.2. The van der Waals surface area contributed by atoms with Gasteiger partial charge in [0.2, 0.25) is 10.0 Å². The van der Waals surface area contributed by atoms with Gasteiger partial charge in [0.15, 0.2) is 0 Å². The van der Waals surface area contributed by atoms with Crippen molar-refractivity contribution in [2.75, 3.05) is 11.0 Å². The van der Waals surface area contributed by atoms with Crippen LogP contribution >= 0.6 is 23.2 Å². The van der Waals surface area contributed by atoms with Gasteiger partial charge in [-0.25, -0.2) is 13.2 Å². The molecule has 0 amide bonds. The summed E-state index contributed by atoms with van der Waals surface area (Å²) >= 11 is 11.4. The van der Waals surface area contributed by atoms with E-state index in [9.17, 15) is 13.2 Å². The first-order chi connectivity index (χ1) is 7.20. The molecule has 5 nitrogen and oxygen atoms in total. The van der Waals surface area contributed by atoms with E-state index in [0.717, 1.165) is 18.4 Å². The lowest BCUT2D eigenvalue weighted by Crippen LogP contribution is -2.11. The minimum absolute atomic E-state index is 0.0345. The van der Waals surface area contributed by atoms with Gasteiger partial charge in [0.25, 0.3) is 0 Å². The molecule has 0 fully saturated rings. The van der Waals surface area contributed by atoms with E-state index < -0.39 is 16.0 Å². The number of halogens is 2. The predicted octanol–water partition coefficient (Wildman–Crippen LogP) is 2.06. The fraction of sp³-hybridized carbons (Fsp3) is 0.125. The molecule has 0 saturated heterocycles. The number of hydrogen-bond donors (Lipinski definition) is 2. The highest BCUT2D eigenvalue weighted by atomic mass is 35.5. The highest BCUT2D eigenvalue weighted by molar-refractivity contribution is 7.92. The van der Waals surface area contributed by atoms with Crippen LogP contribution in [0.15, 0.2) is 12.1 Å². The monoisotopic (exact) mass is 283 g/mol. The van der Waals surface area contributed by atoms with Crippen molar-refractivity contribution >= 4 is 44.9 Å². The van der Waals surface area contributed by atoms with E-state index in [1.807, 2.05) is 0 Å². The van der Waals surface area contributed by atoms with Crippen LogP contribution in [0.25, 0.3) is 0 Å². The fourth-order valence-electron chi connectivity index (χ4n) is 0.987. The Labute approximate surface area is 102 Å². The summed E-state index contributed by atoms with van der Waals surface area (Å²) in [6.07, 6.45) is 0.921. The minimum Gasteiger partial charge on any atom is -0.478 e. The number of carboxylic acid groups (broad SMARTS) is 1. The van der Waals surface area contributed by atoms with Crippen LogP contribution in [-0.4, -0.2) is 25.7 Å². The molecule has 1 aromatic rings. The van der Waals surface area contributed by atoms with E-state index in [4.69, 9.17) is 28.3 Å². The summed E-state index contributed by atoms with van der Waals surface area (Å²) in [5.74, 6) is -1.23. The van der Waals surface area contributed by atoms with Crippen LogP contribution in [0.1, 0.15) is 10.4 Å². The van der Waals surface area contributed by atoms with Crippen LogP contribution in [-0.2, 0) is 10.0 Å². The molecule has 0 aliphatic carbocycles. The molecule has 0 heterocycles. The van der Waals surface area contributed by atoms with E-state index in [2.05, 4.69) is 4.72 Å². The molecule has 16 heavy (non-hydrogen) atoms. The largest absolute Gasteiger partial charge is 0.478 e. The van der Waals surface area contributed by atoms with E-state index in [1.54, 1.807) is 0 Å². The van der Waals surface area contributed by atoms with Gasteiger partial charge >= 0.3 is 5.97 Å². The molecule has 0 saturated carbocycles. The lowest BCUT2D eigenvalue weighted by atomic mass is 10.2. The molecule has 88 valence electrons. The standard InChI is InChI=1S/C8H7Cl2NO4S/c1-16(14,15)11-6-3-4(8(12)13)2-5(9)7(6)10/h2-3,11H,1H3,(H,12,13). The van der Waals surface area contributed by atoms with Crippen LogP contribution in [0, 0.1) is 0 Å². The molecule has 0 aromatic heterocycles. The Morgan fingerprint density at radius 1 is 1.38 bits per heavy atom. The molecule has 8 heteroatoms. The Bertz CT molecular complexity index is 541. The number of carbonyl (C=O) groups is 1. The quantitative estimate of drug-likeness (QED) is 0.889. The summed E-state index contributed by atoms with van der Waals surface area (Å²) in [6, 6.07) is 2.23. The number of sulfonamides is 1. The third-order valence-corrected chi connectivity index (χ3v) is 2.96. The maximum absolute atomic E-state index is 11.0. The van der Waals surface area contributed by atoms with Crippen LogP contribution < -0.4 is 4.72 Å². The fourth-order valence-corrected chi connectivity index (χ4v) is 1.98. The smallest absolute Gasteiger partial charge is 0.335 e. The molecular weight excluding hydrogens is 277 g/mol. The van der Waals surface area contributed by atoms with Crippen molar-refractivity contribution in [2.24, 2.45) is 0 Å². The first-order valence-corrected chi connectivity index (χ1v) is 6.55. The number of hydrogen-bond acceptors (Lipinski definition) is 3. The molecule has 0 unspecified atom stereocenters. The van der Waals surface area contributed by atoms with Gasteiger partial charge in [-0.05, 0) is 12.1 Å². The van der Waals surface area contributed by atoms with Gasteiger partial charge in [-0.3, -0.25) is 4.72 Å². The van der Waals surface area contributed by atoms with Crippen molar-refractivity contribution < 1.29 is 18.3 Å². The van der Waals surface area contributed by atoms with Gasteiger partial charge in [-0.2, -0.15) is 0 Å².